The molecule has 1 N–H and O–H groups in total. The van der Waals surface area contributed by atoms with Gasteiger partial charge in [0.25, 0.3) is 0 Å². The van der Waals surface area contributed by atoms with Crippen LogP contribution in [0.3, 0.4) is 0 Å². The lowest BCUT2D eigenvalue weighted by Gasteiger charge is -2.08. The summed E-state index contributed by atoms with van der Waals surface area (Å²) in [5.74, 6) is -1.10. The summed E-state index contributed by atoms with van der Waals surface area (Å²) < 4.78 is 24.4. The molecule has 0 aliphatic rings. The van der Waals surface area contributed by atoms with Crippen LogP contribution < -0.4 is 5.32 Å². The molecule has 0 heterocycles. The second-order valence-corrected chi connectivity index (χ2v) is 7.49. The Labute approximate surface area is 131 Å². The molecule has 0 aliphatic carbocycles. The van der Waals surface area contributed by atoms with E-state index in [2.05, 4.69) is 5.32 Å². The van der Waals surface area contributed by atoms with Gasteiger partial charge in [-0.2, -0.15) is 0 Å². The van der Waals surface area contributed by atoms with Crippen LogP contribution >= 0.6 is 0 Å². The number of aryl methyl sites for hydroxylation is 3. The highest BCUT2D eigenvalue weighted by atomic mass is 32.2. The smallest absolute Gasteiger partial charge is 0.239 e. The Morgan fingerprint density at radius 1 is 0.909 bits per heavy atom. The zero-order valence-electron chi connectivity index (χ0n) is 12.9. The third kappa shape index (κ3) is 4.18. The number of sulfone groups is 1. The van der Waals surface area contributed by atoms with Crippen molar-refractivity contribution in [3.8, 4) is 0 Å². The molecule has 0 fully saturated rings. The molecule has 0 unspecified atom stereocenters. The lowest BCUT2D eigenvalue weighted by atomic mass is 10.1. The van der Waals surface area contributed by atoms with E-state index in [1.54, 1.807) is 12.1 Å². The Balaban J connectivity index is 2.12. The normalized spacial score (nSPS) is 11.2. The Kier molecular flexibility index (Phi) is 4.66. The van der Waals surface area contributed by atoms with Crippen molar-refractivity contribution < 1.29 is 13.2 Å². The minimum Gasteiger partial charge on any atom is -0.325 e. The van der Waals surface area contributed by atoms with Gasteiger partial charge in [-0.05, 0) is 56.2 Å². The number of anilines is 1. The van der Waals surface area contributed by atoms with Gasteiger partial charge >= 0.3 is 0 Å². The predicted octanol–water partition coefficient (Wildman–Crippen LogP) is 3.02. The molecule has 0 aromatic heterocycles. The first-order valence-corrected chi connectivity index (χ1v) is 8.59. The summed E-state index contributed by atoms with van der Waals surface area (Å²) in [4.78, 5) is 12.2. The topological polar surface area (TPSA) is 63.2 Å². The molecule has 116 valence electrons. The van der Waals surface area contributed by atoms with E-state index in [1.165, 1.54) is 12.1 Å². The summed E-state index contributed by atoms with van der Waals surface area (Å²) in [7, 11) is -3.63. The zero-order chi connectivity index (χ0) is 16.3. The van der Waals surface area contributed by atoms with Gasteiger partial charge in [-0.1, -0.05) is 23.8 Å². The van der Waals surface area contributed by atoms with Crippen molar-refractivity contribution >= 4 is 21.4 Å². The van der Waals surface area contributed by atoms with E-state index < -0.39 is 21.5 Å². The van der Waals surface area contributed by atoms with E-state index in [4.69, 9.17) is 0 Å². The van der Waals surface area contributed by atoms with Crippen LogP contribution in [0.25, 0.3) is 0 Å². The maximum absolute atomic E-state index is 12.2. The molecule has 4 nitrogen and oxygen atoms in total. The van der Waals surface area contributed by atoms with E-state index in [1.807, 2.05) is 39.0 Å². The highest BCUT2D eigenvalue weighted by Crippen LogP contribution is 2.15. The van der Waals surface area contributed by atoms with Crippen LogP contribution in [0.15, 0.2) is 47.4 Å². The molecule has 2 rings (SSSR count). The molecule has 2 aromatic carbocycles. The van der Waals surface area contributed by atoms with Gasteiger partial charge in [0.05, 0.1) is 4.90 Å². The molecule has 0 radical (unpaired) electrons. The van der Waals surface area contributed by atoms with Gasteiger partial charge in [-0.3, -0.25) is 4.79 Å². The first kappa shape index (κ1) is 16.2. The number of rotatable bonds is 4. The highest BCUT2D eigenvalue weighted by Gasteiger charge is 2.19. The van der Waals surface area contributed by atoms with Gasteiger partial charge in [-0.25, -0.2) is 8.42 Å². The average Bonchev–Trinajstić information content (AvgIpc) is 2.36. The summed E-state index contributed by atoms with van der Waals surface area (Å²) in [5.41, 5.74) is 3.61. The molecule has 1 amide bonds. The van der Waals surface area contributed by atoms with Crippen molar-refractivity contribution in [2.75, 3.05) is 11.1 Å². The molecule has 0 saturated carbocycles. The second-order valence-electron chi connectivity index (χ2n) is 5.50. The van der Waals surface area contributed by atoms with Crippen LogP contribution in [0.2, 0.25) is 0 Å². The number of benzene rings is 2. The van der Waals surface area contributed by atoms with Crippen molar-refractivity contribution in [1.82, 2.24) is 0 Å². The quantitative estimate of drug-likeness (QED) is 0.943. The van der Waals surface area contributed by atoms with Crippen molar-refractivity contribution in [2.45, 2.75) is 25.7 Å². The van der Waals surface area contributed by atoms with Gasteiger partial charge in [-0.15, -0.1) is 0 Å². The Morgan fingerprint density at radius 3 is 2.00 bits per heavy atom. The van der Waals surface area contributed by atoms with E-state index in [0.29, 0.717) is 5.69 Å². The van der Waals surface area contributed by atoms with Crippen LogP contribution in [0.1, 0.15) is 16.7 Å². The summed E-state index contributed by atoms with van der Waals surface area (Å²) in [6.45, 7) is 5.72. The molecule has 0 atom stereocenters. The lowest BCUT2D eigenvalue weighted by molar-refractivity contribution is -0.113. The fourth-order valence-electron chi connectivity index (χ4n) is 2.25. The molecule has 0 spiro atoms. The van der Waals surface area contributed by atoms with Gasteiger partial charge in [0.2, 0.25) is 5.91 Å². The van der Waals surface area contributed by atoms with E-state index >= 15 is 0 Å². The van der Waals surface area contributed by atoms with Crippen LogP contribution in [-0.2, 0) is 14.6 Å². The number of hydrogen-bond donors (Lipinski definition) is 1. The van der Waals surface area contributed by atoms with E-state index in [-0.39, 0.29) is 4.90 Å². The first-order valence-electron chi connectivity index (χ1n) is 6.94. The number of hydrogen-bond acceptors (Lipinski definition) is 3. The van der Waals surface area contributed by atoms with Crippen molar-refractivity contribution in [3.63, 3.8) is 0 Å². The maximum Gasteiger partial charge on any atom is 0.239 e. The summed E-state index contributed by atoms with van der Waals surface area (Å²) in [6, 6.07) is 12.1. The average molecular weight is 317 g/mol. The summed E-state index contributed by atoms with van der Waals surface area (Å²) >= 11 is 0. The summed E-state index contributed by atoms with van der Waals surface area (Å²) in [5, 5.41) is 2.64. The largest absolute Gasteiger partial charge is 0.325 e. The van der Waals surface area contributed by atoms with Crippen molar-refractivity contribution in [2.24, 2.45) is 0 Å². The standard InChI is InChI=1S/C17H19NO3S/c1-12-4-6-16(7-5-12)22(20,21)11-17(19)18-15-9-13(2)8-14(3)10-15/h4-10H,11H2,1-3H3,(H,18,19). The second kappa shape index (κ2) is 6.32. The van der Waals surface area contributed by atoms with Crippen LogP contribution in [-0.4, -0.2) is 20.1 Å². The van der Waals surface area contributed by atoms with Crippen LogP contribution in [0, 0.1) is 20.8 Å². The van der Waals surface area contributed by atoms with Crippen LogP contribution in [0.4, 0.5) is 5.69 Å². The molecule has 5 heteroatoms. The fraction of sp³-hybridized carbons (Fsp3) is 0.235. The number of amides is 1. The third-order valence-corrected chi connectivity index (χ3v) is 4.84. The van der Waals surface area contributed by atoms with Gasteiger partial charge in [0.15, 0.2) is 9.84 Å². The maximum atomic E-state index is 12.2. The summed E-state index contributed by atoms with van der Waals surface area (Å²) in [6.07, 6.45) is 0. The van der Waals surface area contributed by atoms with Gasteiger partial charge in [0.1, 0.15) is 5.75 Å². The Hall–Kier alpha value is -2.14. The lowest BCUT2D eigenvalue weighted by Crippen LogP contribution is -2.23. The Bertz CT molecular complexity index is 773. The number of carbonyl (C=O) groups excluding carboxylic acids is 1. The molecule has 22 heavy (non-hydrogen) atoms. The zero-order valence-corrected chi connectivity index (χ0v) is 13.7. The SMILES string of the molecule is Cc1ccc(S(=O)(=O)CC(=O)Nc2cc(C)cc(C)c2)cc1. The highest BCUT2D eigenvalue weighted by molar-refractivity contribution is 7.92. The predicted molar refractivity (Wildman–Crippen MR) is 87.8 cm³/mol. The number of nitrogens with one attached hydrogen (secondary N) is 1. The fourth-order valence-corrected chi connectivity index (χ4v) is 3.38. The van der Waals surface area contributed by atoms with Crippen LogP contribution in [0.5, 0.6) is 0 Å². The monoisotopic (exact) mass is 317 g/mol. The van der Waals surface area contributed by atoms with Crippen molar-refractivity contribution in [1.29, 1.82) is 0 Å². The Morgan fingerprint density at radius 2 is 1.45 bits per heavy atom. The minimum atomic E-state index is -3.63. The molecule has 0 saturated heterocycles. The van der Waals surface area contributed by atoms with Crippen molar-refractivity contribution in [3.05, 3.63) is 59.2 Å². The first-order chi connectivity index (χ1) is 10.3. The number of carbonyl (C=O) groups is 1. The molecule has 2 aromatic rings. The molecular formula is C17H19NO3S. The van der Waals surface area contributed by atoms with E-state index in [0.717, 1.165) is 16.7 Å². The van der Waals surface area contributed by atoms with Gasteiger partial charge < -0.3 is 5.32 Å². The molecule has 0 bridgehead atoms. The van der Waals surface area contributed by atoms with Gasteiger partial charge in [0, 0.05) is 5.69 Å². The minimum absolute atomic E-state index is 0.161. The molecular weight excluding hydrogens is 298 g/mol. The van der Waals surface area contributed by atoms with E-state index in [9.17, 15) is 13.2 Å². The third-order valence-electron chi connectivity index (χ3n) is 3.21. The molecule has 0 aliphatic heterocycles.